The van der Waals surface area contributed by atoms with Crippen molar-refractivity contribution in [2.24, 2.45) is 0 Å². The molecule has 0 spiro atoms. The Morgan fingerprint density at radius 1 is 1.07 bits per heavy atom. The Morgan fingerprint density at radius 3 is 2.20 bits per heavy atom. The fourth-order valence-corrected chi connectivity index (χ4v) is 3.17. The van der Waals surface area contributed by atoms with Crippen LogP contribution in [0.25, 0.3) is 0 Å². The van der Waals surface area contributed by atoms with Gasteiger partial charge in [0, 0.05) is 0 Å². The van der Waals surface area contributed by atoms with E-state index in [1.807, 2.05) is 0 Å². The normalized spacial score (nSPS) is 19.6. The first kappa shape index (κ1) is 21.4. The van der Waals surface area contributed by atoms with Crippen molar-refractivity contribution in [2.45, 2.75) is 18.2 Å². The average molecular weight is 453 g/mol. The highest BCUT2D eigenvalue weighted by atomic mass is 32.1. The first-order valence-electron chi connectivity index (χ1n) is 7.79. The van der Waals surface area contributed by atoms with Crippen LogP contribution in [-0.2, 0) is 4.79 Å². The Morgan fingerprint density at radius 2 is 1.70 bits per heavy atom. The van der Waals surface area contributed by atoms with Crippen molar-refractivity contribution in [1.82, 2.24) is 10.6 Å². The first-order chi connectivity index (χ1) is 13.8. The minimum atomic E-state index is -5.43. The second kappa shape index (κ2) is 7.19. The van der Waals surface area contributed by atoms with Gasteiger partial charge in [-0.25, -0.2) is 9.69 Å². The van der Waals surface area contributed by atoms with E-state index in [2.05, 4.69) is 4.74 Å². The van der Waals surface area contributed by atoms with Crippen molar-refractivity contribution < 1.29 is 45.5 Å². The third kappa shape index (κ3) is 3.90. The molecule has 30 heavy (non-hydrogen) atoms. The van der Waals surface area contributed by atoms with Crippen molar-refractivity contribution in [3.05, 3.63) is 46.7 Å². The fourth-order valence-electron chi connectivity index (χ4n) is 2.55. The van der Waals surface area contributed by atoms with E-state index in [0.29, 0.717) is 12.1 Å². The Balaban J connectivity index is 1.92. The van der Waals surface area contributed by atoms with Crippen LogP contribution in [0, 0.1) is 0 Å². The first-order valence-corrected chi connectivity index (χ1v) is 8.67. The van der Waals surface area contributed by atoms with Crippen LogP contribution in [0.2, 0.25) is 0 Å². The average Bonchev–Trinajstić information content (AvgIpc) is 3.22. The van der Waals surface area contributed by atoms with Gasteiger partial charge in [-0.05, 0) is 35.7 Å². The molecule has 1 fully saturated rings. The van der Waals surface area contributed by atoms with E-state index in [1.165, 1.54) is 28.1 Å². The highest BCUT2D eigenvalue weighted by Gasteiger charge is 2.69. The molecule has 7 nitrogen and oxygen atoms in total. The van der Waals surface area contributed by atoms with Crippen molar-refractivity contribution in [1.29, 1.82) is 0 Å². The molecule has 4 amide bonds. The summed E-state index contributed by atoms with van der Waals surface area (Å²) in [7, 11) is 0. The molecule has 1 aromatic carbocycles. The number of halogens is 6. The Kier molecular flexibility index (Phi) is 5.14. The van der Waals surface area contributed by atoms with Gasteiger partial charge in [-0.15, -0.1) is 24.5 Å². The van der Waals surface area contributed by atoms with Crippen molar-refractivity contribution in [3.8, 4) is 5.75 Å². The Labute approximate surface area is 167 Å². The zero-order chi connectivity index (χ0) is 22.3. The quantitative estimate of drug-likeness (QED) is 0.549. The summed E-state index contributed by atoms with van der Waals surface area (Å²) in [6, 6.07) is 4.06. The summed E-state index contributed by atoms with van der Waals surface area (Å²) >= 11 is 0.806. The Hall–Kier alpha value is -3.29. The second-order valence-electron chi connectivity index (χ2n) is 5.79. The predicted molar refractivity (Wildman–Crippen MR) is 89.7 cm³/mol. The molecule has 0 aliphatic carbocycles. The van der Waals surface area contributed by atoms with Gasteiger partial charge < -0.3 is 10.1 Å². The number of amides is 4. The van der Waals surface area contributed by atoms with Crippen LogP contribution in [0.15, 0.2) is 41.8 Å². The van der Waals surface area contributed by atoms with Crippen molar-refractivity contribution in [2.75, 3.05) is 4.90 Å². The number of urea groups is 1. The molecular formula is C16H9F6N3O4S. The molecule has 0 radical (unpaired) electrons. The van der Waals surface area contributed by atoms with E-state index < -0.39 is 47.5 Å². The molecule has 3 rings (SSSR count). The molecule has 1 aliphatic heterocycles. The summed E-state index contributed by atoms with van der Waals surface area (Å²) < 4.78 is 81.6. The zero-order valence-electron chi connectivity index (χ0n) is 14.3. The van der Waals surface area contributed by atoms with E-state index in [4.69, 9.17) is 0 Å². The number of alkyl halides is 6. The van der Waals surface area contributed by atoms with Gasteiger partial charge in [-0.3, -0.25) is 14.9 Å². The van der Waals surface area contributed by atoms with E-state index in [9.17, 15) is 40.7 Å². The highest BCUT2D eigenvalue weighted by molar-refractivity contribution is 7.12. The lowest BCUT2D eigenvalue weighted by Gasteiger charge is -2.29. The van der Waals surface area contributed by atoms with Crippen LogP contribution in [0.5, 0.6) is 5.75 Å². The summed E-state index contributed by atoms with van der Waals surface area (Å²) in [5.41, 5.74) is -4.23. The SMILES string of the molecule is O=C(N[C@@]1(C(F)(F)F)NC(=O)N(c2ccc(OC(F)(F)F)cc2)C1=O)c1cccs1. The van der Waals surface area contributed by atoms with Crippen LogP contribution in [-0.4, -0.2) is 36.0 Å². The second-order valence-corrected chi connectivity index (χ2v) is 6.74. The van der Waals surface area contributed by atoms with Crippen LogP contribution < -0.4 is 20.3 Å². The number of ether oxygens (including phenoxy) is 1. The lowest BCUT2D eigenvalue weighted by atomic mass is 10.1. The number of imide groups is 1. The minimum absolute atomic E-state index is 0.0551. The molecule has 1 saturated heterocycles. The van der Waals surface area contributed by atoms with Crippen LogP contribution in [0.1, 0.15) is 9.67 Å². The smallest absolute Gasteiger partial charge is 0.406 e. The van der Waals surface area contributed by atoms with E-state index in [1.54, 1.807) is 0 Å². The maximum Gasteiger partial charge on any atom is 0.573 e. The molecule has 2 aromatic rings. The van der Waals surface area contributed by atoms with E-state index >= 15 is 0 Å². The van der Waals surface area contributed by atoms with Gasteiger partial charge in [0.15, 0.2) is 0 Å². The molecule has 1 aromatic heterocycles. The molecule has 2 N–H and O–H groups in total. The number of carbonyl (C=O) groups excluding carboxylic acids is 3. The number of hydrogen-bond acceptors (Lipinski definition) is 5. The third-order valence-corrected chi connectivity index (χ3v) is 4.69. The fraction of sp³-hybridized carbons (Fsp3) is 0.188. The lowest BCUT2D eigenvalue weighted by Crippen LogP contribution is -2.69. The van der Waals surface area contributed by atoms with Crippen LogP contribution >= 0.6 is 11.3 Å². The topological polar surface area (TPSA) is 87.7 Å². The van der Waals surface area contributed by atoms with Crippen molar-refractivity contribution in [3.63, 3.8) is 0 Å². The number of nitrogens with one attached hydrogen (secondary N) is 2. The number of rotatable bonds is 4. The lowest BCUT2D eigenvalue weighted by molar-refractivity contribution is -0.274. The number of hydrogen-bond donors (Lipinski definition) is 2. The summed E-state index contributed by atoms with van der Waals surface area (Å²) in [5.74, 6) is -3.85. The molecule has 1 atom stereocenters. The molecule has 1 aliphatic rings. The van der Waals surface area contributed by atoms with Gasteiger partial charge in [-0.2, -0.15) is 13.2 Å². The molecule has 160 valence electrons. The number of thiophene rings is 1. The van der Waals surface area contributed by atoms with E-state index in [0.717, 1.165) is 23.5 Å². The predicted octanol–water partition coefficient (Wildman–Crippen LogP) is 3.39. The maximum absolute atomic E-state index is 13.8. The highest BCUT2D eigenvalue weighted by Crippen LogP contribution is 2.36. The van der Waals surface area contributed by atoms with Crippen LogP contribution in [0.4, 0.5) is 36.8 Å². The van der Waals surface area contributed by atoms with Crippen LogP contribution in [0.3, 0.4) is 0 Å². The third-order valence-electron chi connectivity index (χ3n) is 3.82. The summed E-state index contributed by atoms with van der Waals surface area (Å²) in [6.07, 6.45) is -10.4. The maximum atomic E-state index is 13.8. The summed E-state index contributed by atoms with van der Waals surface area (Å²) in [4.78, 5) is 36.8. The Bertz CT molecular complexity index is 974. The van der Waals surface area contributed by atoms with Gasteiger partial charge in [-0.1, -0.05) is 6.07 Å². The minimum Gasteiger partial charge on any atom is -0.406 e. The molecule has 0 unspecified atom stereocenters. The number of anilines is 1. The van der Waals surface area contributed by atoms with Gasteiger partial charge in [0.05, 0.1) is 10.6 Å². The van der Waals surface area contributed by atoms with Gasteiger partial charge >= 0.3 is 18.6 Å². The molecule has 14 heteroatoms. The largest absolute Gasteiger partial charge is 0.573 e. The van der Waals surface area contributed by atoms with Gasteiger partial charge in [0.2, 0.25) is 0 Å². The molecule has 0 bridgehead atoms. The number of benzene rings is 1. The van der Waals surface area contributed by atoms with Crippen molar-refractivity contribution >= 4 is 34.9 Å². The zero-order valence-corrected chi connectivity index (χ0v) is 15.1. The summed E-state index contributed by atoms with van der Waals surface area (Å²) in [6.45, 7) is 0. The number of carbonyl (C=O) groups is 3. The molecule has 2 heterocycles. The molecular weight excluding hydrogens is 444 g/mol. The monoisotopic (exact) mass is 453 g/mol. The van der Waals surface area contributed by atoms with E-state index in [-0.39, 0.29) is 9.78 Å². The number of nitrogens with zero attached hydrogens (tertiary/aromatic N) is 1. The van der Waals surface area contributed by atoms with Gasteiger partial charge in [0.25, 0.3) is 17.5 Å². The summed E-state index contributed by atoms with van der Waals surface area (Å²) in [5, 5.41) is 4.35. The molecule has 0 saturated carbocycles. The van der Waals surface area contributed by atoms with Gasteiger partial charge in [0.1, 0.15) is 5.75 Å². The standard InChI is InChI=1S/C16H9F6N3O4S/c17-15(18,19)14(23-11(26)10-2-1-7-30-10)12(27)25(13(28)24-14)8-3-5-9(6-4-8)29-16(20,21)22/h1-7H,(H,23,26)(H,24,28)/t14-/m1/s1.